The molecule has 1 unspecified atom stereocenters. The molecule has 1 heterocycles. The number of hydrogen-bond donors (Lipinski definition) is 1. The normalized spacial score (nSPS) is 26.5. The van der Waals surface area contributed by atoms with Crippen molar-refractivity contribution < 1.29 is 14.6 Å². The molecule has 0 aromatic heterocycles. The van der Waals surface area contributed by atoms with Crippen LogP contribution in [0.1, 0.15) is 36.3 Å². The lowest BCUT2D eigenvalue weighted by Gasteiger charge is -2.49. The molecule has 2 aliphatic carbocycles. The quantitative estimate of drug-likeness (QED) is 0.898. The van der Waals surface area contributed by atoms with Crippen LogP contribution >= 0.6 is 0 Å². The fourth-order valence-corrected chi connectivity index (χ4v) is 4.90. The molecule has 1 saturated heterocycles. The summed E-state index contributed by atoms with van der Waals surface area (Å²) in [5.41, 5.74) is 4.95. The molecule has 1 saturated carbocycles. The van der Waals surface area contributed by atoms with Crippen LogP contribution in [0.4, 0.5) is 4.79 Å². The van der Waals surface area contributed by atoms with Gasteiger partial charge in [-0.05, 0) is 41.5 Å². The fourth-order valence-electron chi connectivity index (χ4n) is 4.90. The molecule has 134 valence electrons. The van der Waals surface area contributed by atoms with Crippen LogP contribution in [0.15, 0.2) is 48.5 Å². The minimum atomic E-state index is -0.258. The smallest absolute Gasteiger partial charge is 0.410 e. The van der Waals surface area contributed by atoms with Crippen molar-refractivity contribution in [1.82, 2.24) is 4.90 Å². The number of aliphatic hydroxyl groups excluding tert-OH is 1. The Morgan fingerprint density at radius 1 is 1.00 bits per heavy atom. The molecule has 0 radical (unpaired) electrons. The highest BCUT2D eigenvalue weighted by Gasteiger charge is 2.45. The summed E-state index contributed by atoms with van der Waals surface area (Å²) in [6, 6.07) is 16.9. The van der Waals surface area contributed by atoms with Crippen LogP contribution in [0.2, 0.25) is 0 Å². The highest BCUT2D eigenvalue weighted by atomic mass is 16.6. The van der Waals surface area contributed by atoms with Gasteiger partial charge in [0.1, 0.15) is 6.61 Å². The number of hydrogen-bond acceptors (Lipinski definition) is 3. The number of amides is 1. The Balaban J connectivity index is 1.33. The minimum absolute atomic E-state index is 0.0962. The number of carbonyl (C=O) groups is 1. The van der Waals surface area contributed by atoms with E-state index >= 15 is 0 Å². The number of ether oxygens (including phenoxy) is 1. The SMILES string of the molecule is O=C(OCC1c2ccccc2-c2ccccc21)N1CCC(O)[C@H]2CC[C@H]21. The molecule has 5 rings (SSSR count). The number of rotatable bonds is 2. The molecule has 2 fully saturated rings. The van der Waals surface area contributed by atoms with Gasteiger partial charge in [-0.1, -0.05) is 48.5 Å². The van der Waals surface area contributed by atoms with Gasteiger partial charge in [-0.15, -0.1) is 0 Å². The van der Waals surface area contributed by atoms with E-state index in [1.54, 1.807) is 0 Å². The van der Waals surface area contributed by atoms with Crippen molar-refractivity contribution in [2.45, 2.75) is 37.3 Å². The van der Waals surface area contributed by atoms with Gasteiger partial charge in [0.15, 0.2) is 0 Å². The predicted molar refractivity (Wildman–Crippen MR) is 98.9 cm³/mol. The first kappa shape index (κ1) is 15.9. The largest absolute Gasteiger partial charge is 0.448 e. The van der Waals surface area contributed by atoms with Crippen LogP contribution in [0.5, 0.6) is 0 Å². The van der Waals surface area contributed by atoms with Gasteiger partial charge in [0.2, 0.25) is 0 Å². The van der Waals surface area contributed by atoms with E-state index in [9.17, 15) is 9.90 Å². The third-order valence-corrected chi connectivity index (χ3v) is 6.42. The Morgan fingerprint density at radius 3 is 2.27 bits per heavy atom. The van der Waals surface area contributed by atoms with Crippen LogP contribution in [-0.2, 0) is 4.74 Å². The topological polar surface area (TPSA) is 49.8 Å². The molecule has 3 aliphatic rings. The average molecular weight is 349 g/mol. The van der Waals surface area contributed by atoms with Crippen molar-refractivity contribution in [3.8, 4) is 11.1 Å². The number of nitrogens with zero attached hydrogens (tertiary/aromatic N) is 1. The second-order valence-electron chi connectivity index (χ2n) is 7.66. The Morgan fingerprint density at radius 2 is 1.65 bits per heavy atom. The number of fused-ring (bicyclic) bond motifs is 4. The molecule has 0 spiro atoms. The van der Waals surface area contributed by atoms with Crippen LogP contribution < -0.4 is 0 Å². The zero-order valence-electron chi connectivity index (χ0n) is 14.7. The van der Waals surface area contributed by atoms with Crippen molar-refractivity contribution in [3.05, 3.63) is 59.7 Å². The number of aliphatic hydroxyl groups is 1. The van der Waals surface area contributed by atoms with Crippen molar-refractivity contribution in [2.75, 3.05) is 13.2 Å². The molecule has 26 heavy (non-hydrogen) atoms. The zero-order chi connectivity index (χ0) is 17.7. The van der Waals surface area contributed by atoms with Gasteiger partial charge in [0.05, 0.1) is 6.10 Å². The van der Waals surface area contributed by atoms with Gasteiger partial charge in [-0.25, -0.2) is 4.79 Å². The average Bonchev–Trinajstić information content (AvgIpc) is 2.95. The van der Waals surface area contributed by atoms with Crippen molar-refractivity contribution in [1.29, 1.82) is 0 Å². The molecule has 1 amide bonds. The first-order valence-electron chi connectivity index (χ1n) is 9.53. The van der Waals surface area contributed by atoms with Crippen molar-refractivity contribution >= 4 is 6.09 Å². The Kier molecular flexibility index (Phi) is 3.75. The van der Waals surface area contributed by atoms with E-state index in [1.807, 2.05) is 17.0 Å². The number of likely N-dealkylation sites (tertiary alicyclic amines) is 1. The predicted octanol–water partition coefficient (Wildman–Crippen LogP) is 3.78. The van der Waals surface area contributed by atoms with E-state index in [0.717, 1.165) is 12.8 Å². The van der Waals surface area contributed by atoms with E-state index in [-0.39, 0.29) is 30.1 Å². The number of carbonyl (C=O) groups excluding carboxylic acids is 1. The summed E-state index contributed by atoms with van der Waals surface area (Å²) in [5.74, 6) is 0.336. The summed E-state index contributed by atoms with van der Waals surface area (Å²) in [4.78, 5) is 14.5. The summed E-state index contributed by atoms with van der Waals surface area (Å²) in [7, 11) is 0. The maximum Gasteiger partial charge on any atom is 0.410 e. The molecule has 2 aromatic rings. The standard InChI is InChI=1S/C22H23NO3/c24-21-11-12-23(20-10-9-18(20)21)22(25)26-13-19-16-7-3-1-5-14(16)15-6-2-4-8-17(15)19/h1-8,18-21,24H,9-13H2/t18-,20+,21?/m0/s1. The van der Waals surface area contributed by atoms with Crippen LogP contribution in [-0.4, -0.2) is 41.4 Å². The highest BCUT2D eigenvalue weighted by Crippen LogP contribution is 2.45. The van der Waals surface area contributed by atoms with Gasteiger partial charge in [-0.2, -0.15) is 0 Å². The summed E-state index contributed by atoms with van der Waals surface area (Å²) >= 11 is 0. The number of benzene rings is 2. The molecule has 4 heteroatoms. The van der Waals surface area contributed by atoms with E-state index < -0.39 is 0 Å². The minimum Gasteiger partial charge on any atom is -0.448 e. The molecule has 1 aliphatic heterocycles. The van der Waals surface area contributed by atoms with E-state index in [0.29, 0.717) is 19.6 Å². The van der Waals surface area contributed by atoms with Gasteiger partial charge in [0.25, 0.3) is 0 Å². The van der Waals surface area contributed by atoms with Crippen molar-refractivity contribution in [2.24, 2.45) is 5.92 Å². The van der Waals surface area contributed by atoms with Gasteiger partial charge < -0.3 is 14.7 Å². The summed E-state index contributed by atoms with van der Waals surface area (Å²) in [6.07, 6.45) is 2.16. The van der Waals surface area contributed by atoms with Gasteiger partial charge in [0, 0.05) is 24.4 Å². The second kappa shape index (κ2) is 6.13. The van der Waals surface area contributed by atoms with Gasteiger partial charge in [-0.3, -0.25) is 0 Å². The zero-order valence-corrected chi connectivity index (χ0v) is 14.7. The van der Waals surface area contributed by atoms with Gasteiger partial charge >= 0.3 is 6.09 Å². The second-order valence-corrected chi connectivity index (χ2v) is 7.66. The molecule has 4 nitrogen and oxygen atoms in total. The lowest BCUT2D eigenvalue weighted by atomic mass is 9.72. The summed E-state index contributed by atoms with van der Waals surface area (Å²) in [5, 5.41) is 10.0. The van der Waals surface area contributed by atoms with E-state index in [4.69, 9.17) is 4.74 Å². The van der Waals surface area contributed by atoms with E-state index in [1.165, 1.54) is 22.3 Å². The fraction of sp³-hybridized carbons (Fsp3) is 0.409. The lowest BCUT2D eigenvalue weighted by Crippen LogP contribution is -2.58. The first-order chi connectivity index (χ1) is 12.7. The van der Waals surface area contributed by atoms with Crippen LogP contribution in [0, 0.1) is 5.92 Å². The molecule has 1 N–H and O–H groups in total. The number of piperidine rings is 1. The third-order valence-electron chi connectivity index (χ3n) is 6.42. The maximum atomic E-state index is 12.7. The maximum absolute atomic E-state index is 12.7. The summed E-state index contributed by atoms with van der Waals surface area (Å²) < 4.78 is 5.77. The summed E-state index contributed by atoms with van der Waals surface area (Å²) in [6.45, 7) is 0.961. The van der Waals surface area contributed by atoms with Crippen molar-refractivity contribution in [3.63, 3.8) is 0 Å². The molecular weight excluding hydrogens is 326 g/mol. The Labute approximate surface area is 153 Å². The Bertz CT molecular complexity index is 803. The first-order valence-corrected chi connectivity index (χ1v) is 9.53. The van der Waals surface area contributed by atoms with Crippen LogP contribution in [0.25, 0.3) is 11.1 Å². The highest BCUT2D eigenvalue weighted by molar-refractivity contribution is 5.79. The molecular formula is C22H23NO3. The Hall–Kier alpha value is -2.33. The monoisotopic (exact) mass is 349 g/mol. The molecule has 0 bridgehead atoms. The molecule has 3 atom stereocenters. The van der Waals surface area contributed by atoms with Crippen LogP contribution in [0.3, 0.4) is 0 Å². The third kappa shape index (κ3) is 2.36. The molecule has 2 aromatic carbocycles. The lowest BCUT2D eigenvalue weighted by molar-refractivity contribution is -0.0623. The van der Waals surface area contributed by atoms with E-state index in [2.05, 4.69) is 36.4 Å².